The Kier molecular flexibility index (Phi) is 3.27. The first kappa shape index (κ1) is 17.4. The lowest BCUT2D eigenvalue weighted by Crippen LogP contribution is -2.79. The molecule has 156 valence electrons. The van der Waals surface area contributed by atoms with Crippen LogP contribution in [0.15, 0.2) is 12.1 Å². The van der Waals surface area contributed by atoms with Crippen molar-refractivity contribution in [2.24, 2.45) is 5.92 Å². The Morgan fingerprint density at radius 2 is 2.00 bits per heavy atom. The van der Waals surface area contributed by atoms with E-state index in [1.807, 2.05) is 6.07 Å². The van der Waals surface area contributed by atoms with Crippen molar-refractivity contribution in [2.45, 2.75) is 67.5 Å². The molecule has 2 bridgehead atoms. The number of hydrogen-bond acceptors (Lipinski definition) is 6. The van der Waals surface area contributed by atoms with Crippen LogP contribution in [-0.2, 0) is 21.3 Å². The van der Waals surface area contributed by atoms with Gasteiger partial charge in [0.2, 0.25) is 5.79 Å². The van der Waals surface area contributed by atoms with E-state index in [2.05, 4.69) is 11.0 Å². The second kappa shape index (κ2) is 5.47. The number of piperidine rings is 1. The number of fused-ring (bicyclic) bond motifs is 1. The highest BCUT2D eigenvalue weighted by molar-refractivity contribution is 5.63. The first-order valence-corrected chi connectivity index (χ1v) is 11.2. The predicted molar refractivity (Wildman–Crippen MR) is 104 cm³/mol. The van der Waals surface area contributed by atoms with E-state index in [-0.39, 0.29) is 12.1 Å². The third-order valence-electron chi connectivity index (χ3n) is 8.75. The van der Waals surface area contributed by atoms with Gasteiger partial charge in [-0.3, -0.25) is 4.90 Å². The normalized spacial score (nSPS) is 41.3. The second-order valence-electron chi connectivity index (χ2n) is 9.94. The first-order valence-electron chi connectivity index (χ1n) is 11.2. The van der Waals surface area contributed by atoms with Gasteiger partial charge in [0.1, 0.15) is 0 Å². The van der Waals surface area contributed by atoms with Gasteiger partial charge in [-0.15, -0.1) is 0 Å². The lowest BCUT2D eigenvalue weighted by molar-refractivity contribution is -0.296. The van der Waals surface area contributed by atoms with E-state index in [4.69, 9.17) is 18.9 Å². The minimum atomic E-state index is -0.823. The lowest BCUT2D eigenvalue weighted by Gasteiger charge is -2.65. The number of rotatable bonds is 3. The van der Waals surface area contributed by atoms with Crippen LogP contribution in [0.25, 0.3) is 0 Å². The van der Waals surface area contributed by atoms with Crippen LogP contribution in [0.5, 0.6) is 11.5 Å². The molecule has 0 amide bonds. The molecule has 4 atom stereocenters. The molecule has 3 aliphatic heterocycles. The van der Waals surface area contributed by atoms with Gasteiger partial charge in [0.15, 0.2) is 17.6 Å². The quantitative estimate of drug-likeness (QED) is 0.839. The number of ether oxygens (including phenoxy) is 4. The molecule has 0 radical (unpaired) electrons. The molecule has 1 N–H and O–H groups in total. The van der Waals surface area contributed by atoms with Crippen LogP contribution in [0.1, 0.15) is 43.2 Å². The maximum absolute atomic E-state index is 12.4. The summed E-state index contributed by atoms with van der Waals surface area (Å²) in [4.78, 5) is 2.58. The van der Waals surface area contributed by atoms with Crippen LogP contribution < -0.4 is 9.47 Å². The van der Waals surface area contributed by atoms with Crippen molar-refractivity contribution in [1.29, 1.82) is 0 Å². The van der Waals surface area contributed by atoms with Gasteiger partial charge in [0.05, 0.1) is 31.3 Å². The number of likely N-dealkylation sites (tertiary alicyclic amines) is 1. The van der Waals surface area contributed by atoms with Gasteiger partial charge in [0.25, 0.3) is 0 Å². The molecule has 4 fully saturated rings. The van der Waals surface area contributed by atoms with E-state index in [1.54, 1.807) is 7.11 Å². The van der Waals surface area contributed by atoms with E-state index in [9.17, 15) is 5.11 Å². The molecule has 3 heterocycles. The van der Waals surface area contributed by atoms with Crippen molar-refractivity contribution in [3.63, 3.8) is 0 Å². The zero-order valence-electron chi connectivity index (χ0n) is 17.0. The highest BCUT2D eigenvalue weighted by Crippen LogP contribution is 2.68. The minimum absolute atomic E-state index is 0.133. The topological polar surface area (TPSA) is 60.4 Å². The summed E-state index contributed by atoms with van der Waals surface area (Å²) in [5.74, 6) is 1.62. The zero-order chi connectivity index (χ0) is 19.4. The van der Waals surface area contributed by atoms with Crippen molar-refractivity contribution in [1.82, 2.24) is 4.90 Å². The summed E-state index contributed by atoms with van der Waals surface area (Å²) in [6, 6.07) is 4.35. The monoisotopic (exact) mass is 399 g/mol. The van der Waals surface area contributed by atoms with Gasteiger partial charge < -0.3 is 24.1 Å². The molecule has 29 heavy (non-hydrogen) atoms. The molecule has 2 saturated carbocycles. The lowest BCUT2D eigenvalue weighted by atomic mass is 9.48. The SMILES string of the molecule is COc1ccc2c3c1OC1C4(CCC5(O)[C@@H](C2)N(CC2CC2)CC[C@]315)OCCO4. The first-order chi connectivity index (χ1) is 14.1. The summed E-state index contributed by atoms with van der Waals surface area (Å²) in [6.07, 6.45) is 5.46. The molecule has 0 aromatic heterocycles. The van der Waals surface area contributed by atoms with E-state index in [0.29, 0.717) is 26.1 Å². The standard InChI is InChI=1S/C23H29NO5/c1-26-16-5-4-15-12-17-22(25)6-7-23(27-10-11-28-23)20-21(22,18(15)19(16)29-20)8-9-24(17)13-14-2-3-14/h4-5,14,17,20,25H,2-3,6-13H2,1H3/t17-,20?,21+,22?/m1/s1. The molecule has 1 aromatic rings. The number of hydrogen-bond donors (Lipinski definition) is 1. The molecular weight excluding hydrogens is 370 g/mol. The molecule has 2 saturated heterocycles. The van der Waals surface area contributed by atoms with Gasteiger partial charge in [0, 0.05) is 24.6 Å². The Hall–Kier alpha value is -1.34. The number of benzene rings is 1. The molecule has 3 aliphatic carbocycles. The van der Waals surface area contributed by atoms with E-state index < -0.39 is 16.8 Å². The van der Waals surface area contributed by atoms with Gasteiger partial charge in [-0.1, -0.05) is 6.07 Å². The zero-order valence-corrected chi connectivity index (χ0v) is 17.0. The number of aliphatic hydroxyl groups is 1. The Balaban J connectivity index is 1.44. The van der Waals surface area contributed by atoms with Crippen LogP contribution in [-0.4, -0.2) is 67.0 Å². The fourth-order valence-electron chi connectivity index (χ4n) is 7.36. The fraction of sp³-hybridized carbons (Fsp3) is 0.739. The number of methoxy groups -OCH3 is 1. The van der Waals surface area contributed by atoms with Gasteiger partial charge in [-0.25, -0.2) is 0 Å². The van der Waals surface area contributed by atoms with Crippen LogP contribution in [0.4, 0.5) is 0 Å². The molecule has 2 spiro atoms. The van der Waals surface area contributed by atoms with Crippen LogP contribution >= 0.6 is 0 Å². The number of nitrogens with zero attached hydrogens (tertiary/aromatic N) is 1. The molecule has 7 rings (SSSR count). The summed E-state index contributed by atoms with van der Waals surface area (Å²) in [7, 11) is 1.69. The molecular formula is C23H29NO5. The van der Waals surface area contributed by atoms with E-state index >= 15 is 0 Å². The maximum atomic E-state index is 12.4. The summed E-state index contributed by atoms with van der Waals surface area (Å²) >= 11 is 0. The highest BCUT2D eigenvalue weighted by Gasteiger charge is 2.77. The average Bonchev–Trinajstić information content (AvgIpc) is 3.28. The van der Waals surface area contributed by atoms with Crippen molar-refractivity contribution in [2.75, 3.05) is 33.4 Å². The van der Waals surface area contributed by atoms with Crippen LogP contribution in [0.3, 0.4) is 0 Å². The van der Waals surface area contributed by atoms with Crippen molar-refractivity contribution < 1.29 is 24.1 Å². The summed E-state index contributed by atoms with van der Waals surface area (Å²) in [6.45, 7) is 3.29. The Morgan fingerprint density at radius 1 is 1.17 bits per heavy atom. The largest absolute Gasteiger partial charge is 0.493 e. The third kappa shape index (κ3) is 1.93. The smallest absolute Gasteiger partial charge is 0.207 e. The van der Waals surface area contributed by atoms with Crippen molar-refractivity contribution >= 4 is 0 Å². The van der Waals surface area contributed by atoms with Crippen molar-refractivity contribution in [3.8, 4) is 11.5 Å². The van der Waals surface area contributed by atoms with Crippen LogP contribution in [0, 0.1) is 5.92 Å². The minimum Gasteiger partial charge on any atom is -0.493 e. The molecule has 6 nitrogen and oxygen atoms in total. The van der Waals surface area contributed by atoms with Gasteiger partial charge in [-0.2, -0.15) is 0 Å². The fourth-order valence-corrected chi connectivity index (χ4v) is 7.36. The summed E-state index contributed by atoms with van der Waals surface area (Å²) < 4.78 is 24.8. The highest BCUT2D eigenvalue weighted by atomic mass is 16.8. The van der Waals surface area contributed by atoms with E-state index in [0.717, 1.165) is 43.3 Å². The van der Waals surface area contributed by atoms with Gasteiger partial charge in [-0.05, 0) is 56.2 Å². The molecule has 6 heteroatoms. The van der Waals surface area contributed by atoms with Gasteiger partial charge >= 0.3 is 0 Å². The predicted octanol–water partition coefficient (Wildman–Crippen LogP) is 2.00. The van der Waals surface area contributed by atoms with Crippen LogP contribution in [0.2, 0.25) is 0 Å². The third-order valence-corrected chi connectivity index (χ3v) is 8.75. The molecule has 1 aromatic carbocycles. The molecule has 2 unspecified atom stereocenters. The van der Waals surface area contributed by atoms with E-state index in [1.165, 1.54) is 24.0 Å². The Morgan fingerprint density at radius 3 is 2.76 bits per heavy atom. The average molecular weight is 399 g/mol. The Labute approximate surface area is 171 Å². The Bertz CT molecular complexity index is 878. The molecule has 6 aliphatic rings. The maximum Gasteiger partial charge on any atom is 0.207 e. The summed E-state index contributed by atoms with van der Waals surface area (Å²) in [5.41, 5.74) is 1.16. The second-order valence-corrected chi connectivity index (χ2v) is 9.94. The van der Waals surface area contributed by atoms with Crippen molar-refractivity contribution in [3.05, 3.63) is 23.3 Å². The summed E-state index contributed by atoms with van der Waals surface area (Å²) in [5, 5.41) is 12.4.